The molecule has 1 spiro atoms. The highest BCUT2D eigenvalue weighted by Gasteiger charge is 2.55. The lowest BCUT2D eigenvalue weighted by molar-refractivity contribution is -0.129. The molecule has 1 atom stereocenters. The first-order chi connectivity index (χ1) is 14.8. The van der Waals surface area contributed by atoms with Crippen molar-refractivity contribution in [2.45, 2.75) is 12.5 Å². The Morgan fingerprint density at radius 1 is 1.06 bits per heavy atom. The summed E-state index contributed by atoms with van der Waals surface area (Å²) < 4.78 is 26.6. The average Bonchev–Trinajstić information content (AvgIpc) is 2.99. The standard InChI is InChI=1S/C24H20FN3O3/c1-13-4-6-14(7-5-13)15-10-18-21(19(25)11-15)31-20-9-8-16(30-3)12-17(20)24(18)22(29)28(2)23(26)27-24/h4-12H,1-3H3,(H2,26,27)/t24-/m1/s1. The van der Waals surface area contributed by atoms with Gasteiger partial charge in [-0.05, 0) is 48.4 Å². The van der Waals surface area contributed by atoms with Gasteiger partial charge in [-0.25, -0.2) is 9.38 Å². The van der Waals surface area contributed by atoms with Crippen molar-refractivity contribution in [1.82, 2.24) is 4.90 Å². The normalized spacial score (nSPS) is 19.0. The summed E-state index contributed by atoms with van der Waals surface area (Å²) in [5.74, 6) is -0.0945. The van der Waals surface area contributed by atoms with Crippen LogP contribution in [0.3, 0.4) is 0 Å². The van der Waals surface area contributed by atoms with Gasteiger partial charge in [-0.1, -0.05) is 29.8 Å². The van der Waals surface area contributed by atoms with E-state index in [4.69, 9.17) is 15.2 Å². The number of ether oxygens (including phenoxy) is 2. The van der Waals surface area contributed by atoms with Crippen LogP contribution in [-0.2, 0) is 10.3 Å². The highest BCUT2D eigenvalue weighted by Crippen LogP contribution is 2.54. The zero-order valence-electron chi connectivity index (χ0n) is 17.3. The van der Waals surface area contributed by atoms with E-state index in [0.29, 0.717) is 28.2 Å². The molecule has 0 radical (unpaired) electrons. The zero-order valence-corrected chi connectivity index (χ0v) is 17.3. The second-order valence-electron chi connectivity index (χ2n) is 7.71. The number of nitrogens with zero attached hydrogens (tertiary/aromatic N) is 2. The molecule has 0 aliphatic carbocycles. The van der Waals surface area contributed by atoms with Crippen molar-refractivity contribution in [3.8, 4) is 28.4 Å². The first-order valence-corrected chi connectivity index (χ1v) is 9.76. The number of carbonyl (C=O) groups excluding carboxylic acids is 1. The fraction of sp³-hybridized carbons (Fsp3) is 0.167. The van der Waals surface area contributed by atoms with E-state index in [1.165, 1.54) is 18.1 Å². The minimum Gasteiger partial charge on any atom is -0.497 e. The second-order valence-corrected chi connectivity index (χ2v) is 7.71. The summed E-state index contributed by atoms with van der Waals surface area (Å²) in [6.07, 6.45) is 0. The van der Waals surface area contributed by atoms with Gasteiger partial charge in [0.15, 0.2) is 17.5 Å². The monoisotopic (exact) mass is 417 g/mol. The topological polar surface area (TPSA) is 77.2 Å². The summed E-state index contributed by atoms with van der Waals surface area (Å²) in [5, 5.41) is 0. The van der Waals surface area contributed by atoms with Crippen LogP contribution in [0.1, 0.15) is 16.7 Å². The van der Waals surface area contributed by atoms with E-state index in [9.17, 15) is 4.79 Å². The van der Waals surface area contributed by atoms with Crippen molar-refractivity contribution in [2.24, 2.45) is 10.7 Å². The zero-order chi connectivity index (χ0) is 21.9. The van der Waals surface area contributed by atoms with Gasteiger partial charge < -0.3 is 15.2 Å². The first kappa shape index (κ1) is 19.1. The lowest BCUT2D eigenvalue weighted by Gasteiger charge is -2.34. The molecule has 3 aromatic carbocycles. The molecular formula is C24H20FN3O3. The molecule has 2 N–H and O–H groups in total. The van der Waals surface area contributed by atoms with Gasteiger partial charge in [0.25, 0.3) is 5.91 Å². The molecule has 0 unspecified atom stereocenters. The number of fused-ring (bicyclic) bond motifs is 4. The summed E-state index contributed by atoms with van der Waals surface area (Å²) in [7, 11) is 3.08. The second kappa shape index (κ2) is 6.57. The predicted octanol–water partition coefficient (Wildman–Crippen LogP) is 3.95. The first-order valence-electron chi connectivity index (χ1n) is 9.76. The molecule has 7 heteroatoms. The Kier molecular flexibility index (Phi) is 4.05. The number of likely N-dealkylation sites (N-methyl/N-ethyl adjacent to an activating group) is 1. The van der Waals surface area contributed by atoms with Crippen LogP contribution in [-0.4, -0.2) is 30.9 Å². The number of carbonyl (C=O) groups is 1. The molecule has 0 aromatic heterocycles. The van der Waals surface area contributed by atoms with Crippen LogP contribution >= 0.6 is 0 Å². The van der Waals surface area contributed by atoms with Gasteiger partial charge in [0, 0.05) is 18.2 Å². The van der Waals surface area contributed by atoms with Gasteiger partial charge in [-0.15, -0.1) is 0 Å². The lowest BCUT2D eigenvalue weighted by Crippen LogP contribution is -2.42. The Hall–Kier alpha value is -3.87. The van der Waals surface area contributed by atoms with Gasteiger partial charge >= 0.3 is 0 Å². The molecule has 2 aliphatic heterocycles. The van der Waals surface area contributed by atoms with Crippen LogP contribution < -0.4 is 15.2 Å². The number of halogens is 1. The third kappa shape index (κ3) is 2.63. The van der Waals surface area contributed by atoms with Crippen LogP contribution in [0.2, 0.25) is 0 Å². The molecule has 1 amide bonds. The molecule has 2 aliphatic rings. The summed E-state index contributed by atoms with van der Waals surface area (Å²) in [6, 6.07) is 15.9. The number of aliphatic imine (C=N–C) groups is 1. The molecule has 3 aromatic rings. The maximum absolute atomic E-state index is 15.3. The van der Waals surface area contributed by atoms with Crippen molar-refractivity contribution in [3.05, 3.63) is 77.1 Å². The Labute approximate surface area is 178 Å². The highest BCUT2D eigenvalue weighted by atomic mass is 19.1. The summed E-state index contributed by atoms with van der Waals surface area (Å²) in [4.78, 5) is 19.4. The van der Waals surface area contributed by atoms with Crippen LogP contribution in [0.4, 0.5) is 4.39 Å². The number of rotatable bonds is 2. The fourth-order valence-corrected chi connectivity index (χ4v) is 4.13. The number of aryl methyl sites for hydroxylation is 1. The maximum atomic E-state index is 15.3. The highest BCUT2D eigenvalue weighted by molar-refractivity contribution is 6.10. The molecule has 0 bridgehead atoms. The average molecular weight is 417 g/mol. The van der Waals surface area contributed by atoms with Crippen molar-refractivity contribution < 1.29 is 18.7 Å². The Bertz CT molecular complexity index is 1270. The van der Waals surface area contributed by atoms with Gasteiger partial charge in [0.05, 0.1) is 7.11 Å². The maximum Gasteiger partial charge on any atom is 0.266 e. The number of hydrogen-bond acceptors (Lipinski definition) is 5. The molecule has 0 saturated carbocycles. The number of guanidine groups is 1. The minimum absolute atomic E-state index is 0.0336. The molecule has 31 heavy (non-hydrogen) atoms. The van der Waals surface area contributed by atoms with E-state index in [-0.39, 0.29) is 17.6 Å². The van der Waals surface area contributed by atoms with Gasteiger partial charge in [0.1, 0.15) is 11.5 Å². The van der Waals surface area contributed by atoms with Crippen LogP contribution in [0.15, 0.2) is 59.6 Å². The number of hydrogen-bond donors (Lipinski definition) is 1. The molecule has 2 heterocycles. The number of benzene rings is 3. The number of methoxy groups -OCH3 is 1. The van der Waals surface area contributed by atoms with Crippen LogP contribution in [0.5, 0.6) is 17.2 Å². The van der Waals surface area contributed by atoms with Gasteiger partial charge in [-0.2, -0.15) is 0 Å². The minimum atomic E-state index is -1.56. The lowest BCUT2D eigenvalue weighted by atomic mass is 9.79. The quantitative estimate of drug-likeness (QED) is 0.685. The Morgan fingerprint density at radius 3 is 2.45 bits per heavy atom. The summed E-state index contributed by atoms with van der Waals surface area (Å²) in [5.41, 5.74) is 7.77. The molecule has 156 valence electrons. The summed E-state index contributed by atoms with van der Waals surface area (Å²) in [6.45, 7) is 1.98. The fourth-order valence-electron chi connectivity index (χ4n) is 4.13. The van der Waals surface area contributed by atoms with E-state index in [2.05, 4.69) is 4.99 Å². The van der Waals surface area contributed by atoms with Gasteiger partial charge in [0.2, 0.25) is 5.54 Å². The van der Waals surface area contributed by atoms with E-state index >= 15 is 4.39 Å². The molecule has 0 fully saturated rings. The van der Waals surface area contributed by atoms with E-state index in [1.54, 1.807) is 31.3 Å². The van der Waals surface area contributed by atoms with Crippen molar-refractivity contribution in [2.75, 3.05) is 14.2 Å². The molecule has 6 nitrogen and oxygen atoms in total. The Balaban J connectivity index is 1.82. The van der Waals surface area contributed by atoms with E-state index < -0.39 is 11.4 Å². The van der Waals surface area contributed by atoms with Crippen LogP contribution in [0, 0.1) is 12.7 Å². The molecule has 5 rings (SSSR count). The Morgan fingerprint density at radius 2 is 1.81 bits per heavy atom. The SMILES string of the molecule is COc1ccc2c(c1)[C@@]1(N=C(N)N(C)C1=O)c1cc(-c3ccc(C)cc3)cc(F)c1O2. The van der Waals surface area contributed by atoms with Crippen molar-refractivity contribution >= 4 is 11.9 Å². The third-order valence-corrected chi connectivity index (χ3v) is 5.85. The number of nitrogens with two attached hydrogens (primary N) is 1. The van der Waals surface area contributed by atoms with Gasteiger partial charge in [-0.3, -0.25) is 9.69 Å². The van der Waals surface area contributed by atoms with Crippen molar-refractivity contribution in [1.29, 1.82) is 0 Å². The van der Waals surface area contributed by atoms with E-state index in [1.807, 2.05) is 31.2 Å². The molecular weight excluding hydrogens is 397 g/mol. The smallest absolute Gasteiger partial charge is 0.266 e. The summed E-state index contributed by atoms with van der Waals surface area (Å²) >= 11 is 0. The largest absolute Gasteiger partial charge is 0.497 e. The predicted molar refractivity (Wildman–Crippen MR) is 115 cm³/mol. The van der Waals surface area contributed by atoms with Crippen molar-refractivity contribution in [3.63, 3.8) is 0 Å². The van der Waals surface area contributed by atoms with E-state index in [0.717, 1.165) is 11.1 Å². The number of amides is 1. The van der Waals surface area contributed by atoms with Crippen LogP contribution in [0.25, 0.3) is 11.1 Å². The third-order valence-electron chi connectivity index (χ3n) is 5.85. The molecule has 0 saturated heterocycles.